The van der Waals surface area contributed by atoms with E-state index in [2.05, 4.69) is 17.6 Å². The van der Waals surface area contributed by atoms with E-state index in [0.717, 1.165) is 30.4 Å². The number of nitrogens with zero attached hydrogens (tertiary/aromatic N) is 2. The first-order chi connectivity index (χ1) is 16.5. The molecule has 0 aliphatic heterocycles. The van der Waals surface area contributed by atoms with Crippen LogP contribution < -0.4 is 10.9 Å². The highest BCUT2D eigenvalue weighted by atomic mass is 32.1. The van der Waals surface area contributed by atoms with Crippen LogP contribution in [0, 0.1) is 11.8 Å². The number of nitrogens with one attached hydrogen (secondary N) is 1. The zero-order chi connectivity index (χ0) is 23.9. The summed E-state index contributed by atoms with van der Waals surface area (Å²) in [5.41, 5.74) is 1.14. The molecule has 2 aliphatic carbocycles. The van der Waals surface area contributed by atoms with Crippen molar-refractivity contribution in [1.82, 2.24) is 9.55 Å². The quantitative estimate of drug-likeness (QED) is 0.449. The topological polar surface area (TPSA) is 84.2 Å². The minimum Gasteiger partial charge on any atom is -0.506 e. The van der Waals surface area contributed by atoms with Crippen molar-refractivity contribution >= 4 is 33.3 Å². The van der Waals surface area contributed by atoms with Gasteiger partial charge in [-0.05, 0) is 56.1 Å². The number of para-hydroxylation sites is 1. The summed E-state index contributed by atoms with van der Waals surface area (Å²) in [7, 11) is 0. The standard InChI is InChI=1S/C27H33N3O3S/c1-3-12-30-20-10-6-5-9-19(20)23(31)22(25(30)33)24(32)29-26-28-21(16-34-26)27-11-7-8-18(15-27)13-17(4-2)14-27/h5-6,9-10,16-18,31H,3-4,7-8,11-15H2,1-2H3,(H,28,29,32). The second-order valence-corrected chi connectivity index (χ2v) is 11.0. The van der Waals surface area contributed by atoms with Gasteiger partial charge in [-0.15, -0.1) is 11.3 Å². The van der Waals surface area contributed by atoms with Crippen molar-refractivity contribution in [2.45, 2.75) is 77.2 Å². The number of carbonyl (C=O) groups excluding carboxylic acids is 1. The van der Waals surface area contributed by atoms with Crippen LogP contribution in [0.5, 0.6) is 5.75 Å². The lowest BCUT2D eigenvalue weighted by atomic mass is 9.57. The van der Waals surface area contributed by atoms with Crippen molar-refractivity contribution in [3.8, 4) is 5.75 Å². The van der Waals surface area contributed by atoms with Gasteiger partial charge >= 0.3 is 0 Å². The highest BCUT2D eigenvalue weighted by molar-refractivity contribution is 7.14. The van der Waals surface area contributed by atoms with E-state index in [1.165, 1.54) is 49.9 Å². The highest BCUT2D eigenvalue weighted by Crippen LogP contribution is 2.53. The van der Waals surface area contributed by atoms with Gasteiger partial charge in [0.25, 0.3) is 11.5 Å². The Morgan fingerprint density at radius 2 is 2.12 bits per heavy atom. The Morgan fingerprint density at radius 3 is 2.91 bits per heavy atom. The summed E-state index contributed by atoms with van der Waals surface area (Å²) < 4.78 is 1.57. The molecule has 2 heterocycles. The average Bonchev–Trinajstić information content (AvgIpc) is 3.31. The van der Waals surface area contributed by atoms with E-state index in [0.29, 0.717) is 22.6 Å². The van der Waals surface area contributed by atoms with E-state index in [1.807, 2.05) is 13.0 Å². The summed E-state index contributed by atoms with van der Waals surface area (Å²) in [6.07, 6.45) is 9.35. The minimum atomic E-state index is -0.604. The number of pyridine rings is 1. The summed E-state index contributed by atoms with van der Waals surface area (Å²) in [6, 6.07) is 7.15. The number of aromatic hydroxyl groups is 1. The first-order valence-electron chi connectivity index (χ1n) is 12.6. The fraction of sp³-hybridized carbons (Fsp3) is 0.519. The Kier molecular flexibility index (Phi) is 6.23. The number of benzene rings is 1. The van der Waals surface area contributed by atoms with Crippen LogP contribution in [0.3, 0.4) is 0 Å². The molecular weight excluding hydrogens is 446 g/mol. The first kappa shape index (κ1) is 23.1. The number of amides is 1. The minimum absolute atomic E-state index is 0.111. The van der Waals surface area contributed by atoms with Crippen LogP contribution in [0.2, 0.25) is 0 Å². The molecule has 5 rings (SSSR count). The predicted molar refractivity (Wildman–Crippen MR) is 137 cm³/mol. The number of carbonyl (C=O) groups is 1. The molecule has 2 bridgehead atoms. The van der Waals surface area contributed by atoms with Crippen molar-refractivity contribution in [3.63, 3.8) is 0 Å². The number of fused-ring (bicyclic) bond motifs is 3. The van der Waals surface area contributed by atoms with Gasteiger partial charge < -0.3 is 9.67 Å². The van der Waals surface area contributed by atoms with Gasteiger partial charge in [-0.3, -0.25) is 14.9 Å². The molecule has 2 fully saturated rings. The lowest BCUT2D eigenvalue weighted by Gasteiger charge is -2.47. The summed E-state index contributed by atoms with van der Waals surface area (Å²) in [5.74, 6) is 0.645. The number of thiazole rings is 1. The maximum atomic E-state index is 13.2. The van der Waals surface area contributed by atoms with Crippen LogP contribution in [0.1, 0.15) is 81.3 Å². The molecule has 1 aromatic carbocycles. The Morgan fingerprint density at radius 1 is 1.29 bits per heavy atom. The summed E-state index contributed by atoms with van der Waals surface area (Å²) in [6.45, 7) is 4.74. The van der Waals surface area contributed by atoms with E-state index in [1.54, 1.807) is 22.8 Å². The third-order valence-electron chi connectivity index (χ3n) is 7.96. The van der Waals surface area contributed by atoms with Crippen molar-refractivity contribution in [2.75, 3.05) is 5.32 Å². The maximum Gasteiger partial charge on any atom is 0.267 e. The highest BCUT2D eigenvalue weighted by Gasteiger charge is 2.45. The lowest BCUT2D eigenvalue weighted by Crippen LogP contribution is -2.40. The molecule has 2 N–H and O–H groups in total. The van der Waals surface area contributed by atoms with Crippen LogP contribution in [0.4, 0.5) is 5.13 Å². The Balaban J connectivity index is 1.46. The molecular formula is C27H33N3O3S. The number of rotatable bonds is 6. The number of hydrogen-bond donors (Lipinski definition) is 2. The van der Waals surface area contributed by atoms with Crippen LogP contribution in [-0.2, 0) is 12.0 Å². The van der Waals surface area contributed by atoms with E-state index < -0.39 is 11.5 Å². The SMILES string of the molecule is CCCn1c(=O)c(C(=O)Nc2nc(C34CCCC(CC(CC)C3)C4)cs2)c(O)c2ccccc21. The van der Waals surface area contributed by atoms with Gasteiger partial charge in [-0.25, -0.2) is 4.98 Å². The van der Waals surface area contributed by atoms with Gasteiger partial charge in [0.1, 0.15) is 11.3 Å². The Bertz CT molecular complexity index is 1280. The van der Waals surface area contributed by atoms with Crippen molar-refractivity contribution in [2.24, 2.45) is 11.8 Å². The third-order valence-corrected chi connectivity index (χ3v) is 8.72. The van der Waals surface area contributed by atoms with Crippen LogP contribution in [0.15, 0.2) is 34.4 Å². The summed E-state index contributed by atoms with van der Waals surface area (Å²) in [5, 5.41) is 16.8. The molecule has 0 radical (unpaired) electrons. The monoisotopic (exact) mass is 479 g/mol. The van der Waals surface area contributed by atoms with E-state index in [9.17, 15) is 14.7 Å². The lowest BCUT2D eigenvalue weighted by molar-refractivity contribution is 0.0977. The number of anilines is 1. The zero-order valence-electron chi connectivity index (χ0n) is 20.0. The van der Waals surface area contributed by atoms with Crippen molar-refractivity contribution in [1.29, 1.82) is 0 Å². The van der Waals surface area contributed by atoms with Crippen LogP contribution in [0.25, 0.3) is 10.9 Å². The number of aryl methyl sites for hydroxylation is 1. The molecule has 2 saturated carbocycles. The predicted octanol–water partition coefficient (Wildman–Crippen LogP) is 6.07. The first-order valence-corrected chi connectivity index (χ1v) is 13.5. The largest absolute Gasteiger partial charge is 0.506 e. The molecule has 3 unspecified atom stereocenters. The molecule has 3 aromatic rings. The smallest absolute Gasteiger partial charge is 0.267 e. The van der Waals surface area contributed by atoms with Crippen LogP contribution >= 0.6 is 11.3 Å². The maximum absolute atomic E-state index is 13.2. The fourth-order valence-electron chi connectivity index (χ4n) is 6.40. The average molecular weight is 480 g/mol. The van der Waals surface area contributed by atoms with E-state index in [-0.39, 0.29) is 16.7 Å². The van der Waals surface area contributed by atoms with Gasteiger partial charge in [0.15, 0.2) is 5.13 Å². The van der Waals surface area contributed by atoms with Gasteiger partial charge in [0.05, 0.1) is 11.2 Å². The molecule has 3 atom stereocenters. The molecule has 2 aromatic heterocycles. The molecule has 2 aliphatic rings. The summed E-state index contributed by atoms with van der Waals surface area (Å²) >= 11 is 1.41. The second kappa shape index (κ2) is 9.17. The van der Waals surface area contributed by atoms with E-state index >= 15 is 0 Å². The molecule has 34 heavy (non-hydrogen) atoms. The molecule has 0 saturated heterocycles. The fourth-order valence-corrected chi connectivity index (χ4v) is 7.23. The van der Waals surface area contributed by atoms with Gasteiger partial charge in [-0.2, -0.15) is 0 Å². The van der Waals surface area contributed by atoms with Gasteiger partial charge in [0, 0.05) is 22.7 Å². The second-order valence-electron chi connectivity index (χ2n) is 10.1. The number of aromatic nitrogens is 2. The van der Waals surface area contributed by atoms with Crippen LogP contribution in [-0.4, -0.2) is 20.6 Å². The molecule has 180 valence electrons. The van der Waals surface area contributed by atoms with Crippen molar-refractivity contribution < 1.29 is 9.90 Å². The summed E-state index contributed by atoms with van der Waals surface area (Å²) in [4.78, 5) is 31.3. The molecule has 0 spiro atoms. The number of hydrogen-bond acceptors (Lipinski definition) is 5. The van der Waals surface area contributed by atoms with Gasteiger partial charge in [0.2, 0.25) is 0 Å². The Hall–Kier alpha value is -2.67. The molecule has 7 heteroatoms. The zero-order valence-corrected chi connectivity index (χ0v) is 20.8. The third kappa shape index (κ3) is 3.94. The molecule has 6 nitrogen and oxygen atoms in total. The normalized spacial score (nSPS) is 24.3. The van der Waals surface area contributed by atoms with E-state index in [4.69, 9.17) is 4.98 Å². The molecule has 1 amide bonds. The Labute approximate surface area is 204 Å². The van der Waals surface area contributed by atoms with Crippen molar-refractivity contribution in [3.05, 3.63) is 51.3 Å². The van der Waals surface area contributed by atoms with Gasteiger partial charge in [-0.1, -0.05) is 45.2 Å².